The summed E-state index contributed by atoms with van der Waals surface area (Å²) in [5, 5.41) is 11.2. The monoisotopic (exact) mass is 394 g/mol. The molecule has 4 rings (SSSR count). The molecule has 0 bridgehead atoms. The molecule has 7 nitrogen and oxygen atoms in total. The van der Waals surface area contributed by atoms with Crippen molar-refractivity contribution in [3.8, 4) is 0 Å². The Kier molecular flexibility index (Phi) is 4.56. The normalized spacial score (nSPS) is 12.1. The Morgan fingerprint density at radius 2 is 1.96 bits per heavy atom. The van der Waals surface area contributed by atoms with E-state index in [1.807, 2.05) is 38.1 Å². The van der Waals surface area contributed by atoms with Crippen LogP contribution in [-0.4, -0.2) is 27.4 Å². The smallest absolute Gasteiger partial charge is 0.274 e. The molecule has 0 aliphatic rings. The van der Waals surface area contributed by atoms with Gasteiger partial charge < -0.3 is 4.90 Å². The Hall–Kier alpha value is -3.26. The molecule has 0 atom stereocenters. The summed E-state index contributed by atoms with van der Waals surface area (Å²) in [5.74, 6) is 0. The lowest BCUT2D eigenvalue weighted by atomic mass is 10.1. The molecular weight excluding hydrogens is 376 g/mol. The van der Waals surface area contributed by atoms with Crippen molar-refractivity contribution < 1.29 is 4.92 Å². The largest absolute Gasteiger partial charge is 0.372 e. The van der Waals surface area contributed by atoms with E-state index in [4.69, 9.17) is 0 Å². The number of anilines is 1. The van der Waals surface area contributed by atoms with Crippen LogP contribution in [0.25, 0.3) is 22.1 Å². The topological polar surface area (TPSA) is 80.8 Å². The number of hydrogen-bond acceptors (Lipinski definition) is 6. The number of non-ortho nitro benzene ring substituents is 1. The Bertz CT molecular complexity index is 1300. The maximum atomic E-state index is 13.0. The Labute approximate surface area is 164 Å². The molecule has 2 aromatic carbocycles. The number of nitro groups is 1. The lowest BCUT2D eigenvalue weighted by molar-refractivity contribution is -0.384. The van der Waals surface area contributed by atoms with Crippen molar-refractivity contribution in [3.63, 3.8) is 0 Å². The molecule has 0 unspecified atom stereocenters. The van der Waals surface area contributed by atoms with Gasteiger partial charge in [0.25, 0.3) is 11.2 Å². The summed E-state index contributed by atoms with van der Waals surface area (Å²) in [5.41, 5.74) is 2.90. The fourth-order valence-electron chi connectivity index (χ4n) is 3.38. The third-order valence-electron chi connectivity index (χ3n) is 4.76. The predicted molar refractivity (Wildman–Crippen MR) is 112 cm³/mol. The highest BCUT2D eigenvalue weighted by Gasteiger charge is 2.15. The van der Waals surface area contributed by atoms with Crippen LogP contribution in [0.15, 0.2) is 47.3 Å². The minimum Gasteiger partial charge on any atom is -0.372 e. The number of imidazole rings is 1. The summed E-state index contributed by atoms with van der Waals surface area (Å²) in [6.07, 6.45) is 1.73. The molecule has 142 valence electrons. The first-order chi connectivity index (χ1) is 13.5. The van der Waals surface area contributed by atoms with Crippen molar-refractivity contribution in [2.75, 3.05) is 18.0 Å². The molecule has 2 aromatic heterocycles. The van der Waals surface area contributed by atoms with Crippen molar-refractivity contribution >= 4 is 44.8 Å². The number of thiazole rings is 1. The quantitative estimate of drug-likeness (QED) is 0.384. The summed E-state index contributed by atoms with van der Waals surface area (Å²) in [7, 11) is 0. The molecule has 0 saturated heterocycles. The van der Waals surface area contributed by atoms with E-state index in [1.54, 1.807) is 16.5 Å². The second-order valence-corrected chi connectivity index (χ2v) is 7.32. The van der Waals surface area contributed by atoms with Gasteiger partial charge in [0.2, 0.25) is 0 Å². The summed E-state index contributed by atoms with van der Waals surface area (Å²) in [6.45, 7) is 5.58. The zero-order valence-corrected chi connectivity index (χ0v) is 16.3. The van der Waals surface area contributed by atoms with E-state index in [-0.39, 0.29) is 11.2 Å². The van der Waals surface area contributed by atoms with Gasteiger partial charge in [-0.15, -0.1) is 0 Å². The van der Waals surface area contributed by atoms with E-state index >= 15 is 0 Å². The van der Waals surface area contributed by atoms with Gasteiger partial charge >= 0.3 is 0 Å². The third kappa shape index (κ3) is 2.91. The van der Waals surface area contributed by atoms with Crippen molar-refractivity contribution in [2.24, 2.45) is 0 Å². The van der Waals surface area contributed by atoms with Gasteiger partial charge in [0, 0.05) is 36.5 Å². The summed E-state index contributed by atoms with van der Waals surface area (Å²) in [6, 6.07) is 12.3. The molecule has 0 aliphatic heterocycles. The van der Waals surface area contributed by atoms with Gasteiger partial charge in [0.1, 0.15) is 0 Å². The number of aromatic nitrogens is 2. The van der Waals surface area contributed by atoms with Gasteiger partial charge in [-0.3, -0.25) is 14.9 Å². The number of fused-ring (bicyclic) bond motifs is 3. The number of nitrogens with zero attached hydrogens (tertiary/aromatic N) is 4. The SMILES string of the molecule is CCN(CC)c1ccc([N+](=O)[O-])cc1/C=c1/sc2nc3ccccc3n2c1=O. The zero-order valence-electron chi connectivity index (χ0n) is 15.5. The lowest BCUT2D eigenvalue weighted by Crippen LogP contribution is -2.25. The zero-order chi connectivity index (χ0) is 19.8. The van der Waals surface area contributed by atoms with Gasteiger partial charge in [0.05, 0.1) is 20.5 Å². The molecule has 0 aliphatic carbocycles. The van der Waals surface area contributed by atoms with E-state index in [9.17, 15) is 14.9 Å². The first-order valence-electron chi connectivity index (χ1n) is 8.98. The van der Waals surface area contributed by atoms with Gasteiger partial charge in [-0.1, -0.05) is 23.5 Å². The third-order valence-corrected chi connectivity index (χ3v) is 5.73. The second kappa shape index (κ2) is 7.05. The molecule has 0 radical (unpaired) electrons. The first-order valence-corrected chi connectivity index (χ1v) is 9.80. The molecule has 0 saturated carbocycles. The molecule has 0 N–H and O–H groups in total. The number of para-hydroxylation sites is 2. The average Bonchev–Trinajstić information content (AvgIpc) is 3.20. The van der Waals surface area contributed by atoms with Crippen LogP contribution in [0, 0.1) is 10.1 Å². The molecule has 2 heterocycles. The van der Waals surface area contributed by atoms with Gasteiger partial charge in [-0.25, -0.2) is 9.38 Å². The Balaban J connectivity index is 1.97. The van der Waals surface area contributed by atoms with Gasteiger partial charge in [-0.2, -0.15) is 0 Å². The van der Waals surface area contributed by atoms with Crippen LogP contribution < -0.4 is 15.0 Å². The van der Waals surface area contributed by atoms with Crippen LogP contribution in [0.4, 0.5) is 11.4 Å². The van der Waals surface area contributed by atoms with E-state index in [2.05, 4.69) is 9.88 Å². The number of hydrogen-bond donors (Lipinski definition) is 0. The van der Waals surface area contributed by atoms with E-state index in [1.165, 1.54) is 23.5 Å². The number of rotatable bonds is 5. The van der Waals surface area contributed by atoms with Crippen LogP contribution in [0.3, 0.4) is 0 Å². The maximum Gasteiger partial charge on any atom is 0.274 e. The predicted octanol–water partition coefficient (Wildman–Crippen LogP) is 3.21. The first kappa shape index (κ1) is 18.1. The molecule has 4 aromatic rings. The van der Waals surface area contributed by atoms with E-state index in [0.717, 1.165) is 29.8 Å². The van der Waals surface area contributed by atoms with Crippen molar-refractivity contribution in [1.82, 2.24) is 9.38 Å². The highest BCUT2D eigenvalue weighted by Crippen LogP contribution is 2.26. The summed E-state index contributed by atoms with van der Waals surface area (Å²) >= 11 is 1.29. The Morgan fingerprint density at radius 1 is 1.21 bits per heavy atom. The molecule has 28 heavy (non-hydrogen) atoms. The van der Waals surface area contributed by atoms with Crippen LogP contribution in [-0.2, 0) is 0 Å². The van der Waals surface area contributed by atoms with Gasteiger partial charge in [-0.05, 0) is 38.1 Å². The summed E-state index contributed by atoms with van der Waals surface area (Å²) < 4.78 is 2.10. The maximum absolute atomic E-state index is 13.0. The van der Waals surface area contributed by atoms with Crippen molar-refractivity contribution in [1.29, 1.82) is 0 Å². The second-order valence-electron chi connectivity index (χ2n) is 6.31. The number of benzene rings is 2. The van der Waals surface area contributed by atoms with Crippen LogP contribution >= 0.6 is 11.3 Å². The highest BCUT2D eigenvalue weighted by atomic mass is 32.1. The number of nitro benzene ring substituents is 1. The minimum absolute atomic E-state index is 0.00129. The molecule has 0 amide bonds. The minimum atomic E-state index is -0.420. The fourth-order valence-corrected chi connectivity index (χ4v) is 4.35. The van der Waals surface area contributed by atoms with Crippen molar-refractivity contribution in [3.05, 3.63) is 73.0 Å². The molecular formula is C20H18N4O3S. The van der Waals surface area contributed by atoms with Gasteiger partial charge in [0.15, 0.2) is 4.96 Å². The van der Waals surface area contributed by atoms with Crippen LogP contribution in [0.2, 0.25) is 0 Å². The van der Waals surface area contributed by atoms with Crippen molar-refractivity contribution in [2.45, 2.75) is 13.8 Å². The standard InChI is InChI=1S/C20H18N4O3S/c1-3-22(4-2)16-10-9-14(24(26)27)11-13(16)12-18-19(25)23-17-8-6-5-7-15(17)21-20(23)28-18/h5-12H,3-4H2,1-2H3/b18-12+. The fraction of sp³-hybridized carbons (Fsp3) is 0.200. The lowest BCUT2D eigenvalue weighted by Gasteiger charge is -2.22. The van der Waals surface area contributed by atoms with E-state index in [0.29, 0.717) is 15.1 Å². The highest BCUT2D eigenvalue weighted by molar-refractivity contribution is 7.15. The van der Waals surface area contributed by atoms with Crippen LogP contribution in [0.1, 0.15) is 19.4 Å². The Morgan fingerprint density at radius 3 is 2.68 bits per heavy atom. The van der Waals surface area contributed by atoms with E-state index < -0.39 is 4.92 Å². The molecule has 0 fully saturated rings. The average molecular weight is 394 g/mol. The molecule has 0 spiro atoms. The summed E-state index contributed by atoms with van der Waals surface area (Å²) in [4.78, 5) is 31.1. The van der Waals surface area contributed by atoms with Crippen LogP contribution in [0.5, 0.6) is 0 Å². The molecule has 8 heteroatoms.